The van der Waals surface area contributed by atoms with Crippen molar-refractivity contribution < 1.29 is 17.9 Å². The van der Waals surface area contributed by atoms with E-state index in [0.29, 0.717) is 17.8 Å². The van der Waals surface area contributed by atoms with Crippen molar-refractivity contribution in [3.05, 3.63) is 53.3 Å². The second-order valence-corrected chi connectivity index (χ2v) is 5.78. The lowest BCUT2D eigenvalue weighted by Crippen LogP contribution is -2.08. The molecule has 0 N–H and O–H groups in total. The van der Waals surface area contributed by atoms with Crippen molar-refractivity contribution in [2.75, 3.05) is 7.11 Å². The Kier molecular flexibility index (Phi) is 4.71. The standard InChI is InChI=1S/C19H18F3N3O/c1-4-15-24-14-10-13(19(20,21)22)18(26-3)16(17(14)25(15)2)23-11-12-8-6-5-7-9-12/h5-11H,4H2,1-3H3. The Morgan fingerprint density at radius 3 is 2.50 bits per heavy atom. The number of nitrogens with zero attached hydrogens (tertiary/aromatic N) is 3. The summed E-state index contributed by atoms with van der Waals surface area (Å²) in [4.78, 5) is 8.68. The highest BCUT2D eigenvalue weighted by molar-refractivity contribution is 5.96. The molecular formula is C19H18F3N3O. The molecule has 0 saturated carbocycles. The minimum atomic E-state index is -4.57. The van der Waals surface area contributed by atoms with Crippen LogP contribution in [0.4, 0.5) is 18.9 Å². The first-order valence-electron chi connectivity index (χ1n) is 8.09. The van der Waals surface area contributed by atoms with Crippen LogP contribution in [-0.4, -0.2) is 22.9 Å². The highest BCUT2D eigenvalue weighted by Gasteiger charge is 2.37. The molecule has 3 aromatic rings. The molecule has 4 nitrogen and oxygen atoms in total. The summed E-state index contributed by atoms with van der Waals surface area (Å²) in [5, 5.41) is 0. The van der Waals surface area contributed by atoms with Crippen molar-refractivity contribution in [3.63, 3.8) is 0 Å². The van der Waals surface area contributed by atoms with Gasteiger partial charge in [-0.1, -0.05) is 37.3 Å². The van der Waals surface area contributed by atoms with Crippen molar-refractivity contribution >= 4 is 22.9 Å². The number of methoxy groups -OCH3 is 1. The number of aromatic nitrogens is 2. The van der Waals surface area contributed by atoms with Gasteiger partial charge in [-0.05, 0) is 11.6 Å². The molecule has 26 heavy (non-hydrogen) atoms. The largest absolute Gasteiger partial charge is 0.494 e. The summed E-state index contributed by atoms with van der Waals surface area (Å²) in [6, 6.07) is 10.2. The quantitative estimate of drug-likeness (QED) is 0.619. The van der Waals surface area contributed by atoms with Crippen LogP contribution in [0.3, 0.4) is 0 Å². The van der Waals surface area contributed by atoms with E-state index in [4.69, 9.17) is 4.74 Å². The summed E-state index contributed by atoms with van der Waals surface area (Å²) in [5.41, 5.74) is 0.777. The molecule has 7 heteroatoms. The summed E-state index contributed by atoms with van der Waals surface area (Å²) in [5.74, 6) is 0.375. The first-order valence-corrected chi connectivity index (χ1v) is 8.09. The zero-order valence-electron chi connectivity index (χ0n) is 14.6. The predicted octanol–water partition coefficient (Wildman–Crippen LogP) is 4.91. The first-order chi connectivity index (χ1) is 12.4. The number of hydrogen-bond acceptors (Lipinski definition) is 3. The molecule has 0 unspecified atom stereocenters. The van der Waals surface area contributed by atoms with Gasteiger partial charge in [0.05, 0.1) is 18.1 Å². The molecule has 0 spiro atoms. The fourth-order valence-corrected chi connectivity index (χ4v) is 2.92. The van der Waals surface area contributed by atoms with Crippen LogP contribution in [0.1, 0.15) is 23.9 Å². The maximum atomic E-state index is 13.5. The monoisotopic (exact) mass is 361 g/mol. The predicted molar refractivity (Wildman–Crippen MR) is 95.3 cm³/mol. The highest BCUT2D eigenvalue weighted by atomic mass is 19.4. The number of benzene rings is 2. The molecule has 0 aliphatic rings. The van der Waals surface area contributed by atoms with Crippen LogP contribution in [0.25, 0.3) is 11.0 Å². The topological polar surface area (TPSA) is 39.4 Å². The van der Waals surface area contributed by atoms with E-state index < -0.39 is 11.7 Å². The van der Waals surface area contributed by atoms with Gasteiger partial charge in [0, 0.05) is 19.7 Å². The molecule has 0 radical (unpaired) electrons. The number of rotatable bonds is 4. The number of halogens is 3. The zero-order chi connectivity index (χ0) is 18.9. The number of fused-ring (bicyclic) bond motifs is 1. The third-order valence-corrected chi connectivity index (χ3v) is 4.15. The van der Waals surface area contributed by atoms with Crippen molar-refractivity contribution in [2.45, 2.75) is 19.5 Å². The fraction of sp³-hybridized carbons (Fsp3) is 0.263. The Morgan fingerprint density at radius 2 is 1.92 bits per heavy atom. The second kappa shape index (κ2) is 6.82. The van der Waals surface area contributed by atoms with Gasteiger partial charge in [-0.3, -0.25) is 4.99 Å². The Labute approximate surface area is 149 Å². The number of aliphatic imine (C=N–C) groups is 1. The number of hydrogen-bond donors (Lipinski definition) is 0. The lowest BCUT2D eigenvalue weighted by Gasteiger charge is -2.15. The number of alkyl halides is 3. The Balaban J connectivity index is 2.32. The molecule has 0 amide bonds. The van der Waals surface area contributed by atoms with E-state index in [9.17, 15) is 13.2 Å². The van der Waals surface area contributed by atoms with Crippen molar-refractivity contribution in [2.24, 2.45) is 12.0 Å². The van der Waals surface area contributed by atoms with Gasteiger partial charge in [0.1, 0.15) is 17.1 Å². The molecule has 0 aliphatic heterocycles. The smallest absolute Gasteiger partial charge is 0.420 e. The van der Waals surface area contributed by atoms with Gasteiger partial charge in [-0.15, -0.1) is 0 Å². The molecule has 1 heterocycles. The van der Waals surface area contributed by atoms with E-state index in [1.54, 1.807) is 11.6 Å². The van der Waals surface area contributed by atoms with Gasteiger partial charge in [0.2, 0.25) is 0 Å². The van der Waals surface area contributed by atoms with Crippen molar-refractivity contribution in [3.8, 4) is 5.75 Å². The molecule has 0 atom stereocenters. The summed E-state index contributed by atoms with van der Waals surface area (Å²) >= 11 is 0. The molecule has 136 valence electrons. The average Bonchev–Trinajstić information content (AvgIpc) is 2.95. The van der Waals surface area contributed by atoms with Crippen LogP contribution in [0.5, 0.6) is 5.75 Å². The lowest BCUT2D eigenvalue weighted by molar-refractivity contribution is -0.138. The lowest BCUT2D eigenvalue weighted by atomic mass is 10.1. The first kappa shape index (κ1) is 18.0. The van der Waals surface area contributed by atoms with Crippen LogP contribution in [0, 0.1) is 0 Å². The van der Waals surface area contributed by atoms with Gasteiger partial charge in [-0.2, -0.15) is 13.2 Å². The second-order valence-electron chi connectivity index (χ2n) is 5.78. The average molecular weight is 361 g/mol. The molecule has 0 aliphatic carbocycles. The minimum absolute atomic E-state index is 0.121. The maximum absolute atomic E-state index is 13.5. The third-order valence-electron chi connectivity index (χ3n) is 4.15. The molecule has 3 rings (SSSR count). The number of ether oxygens (including phenoxy) is 1. The minimum Gasteiger partial charge on any atom is -0.494 e. The summed E-state index contributed by atoms with van der Waals surface area (Å²) in [7, 11) is 2.98. The van der Waals surface area contributed by atoms with E-state index in [2.05, 4.69) is 9.98 Å². The van der Waals surface area contributed by atoms with Gasteiger partial charge in [-0.25, -0.2) is 4.98 Å². The Morgan fingerprint density at radius 1 is 1.23 bits per heavy atom. The molecule has 0 saturated heterocycles. The van der Waals surface area contributed by atoms with Crippen LogP contribution in [-0.2, 0) is 19.6 Å². The Bertz CT molecular complexity index is 960. The van der Waals surface area contributed by atoms with Crippen molar-refractivity contribution in [1.82, 2.24) is 9.55 Å². The SMILES string of the molecule is CCc1nc2cc(C(F)(F)F)c(OC)c(N=Cc3ccccc3)c2n1C. The van der Waals surface area contributed by atoms with Crippen LogP contribution in [0.2, 0.25) is 0 Å². The van der Waals surface area contributed by atoms with Gasteiger partial charge < -0.3 is 9.30 Å². The zero-order valence-corrected chi connectivity index (χ0v) is 14.6. The van der Waals surface area contributed by atoms with E-state index >= 15 is 0 Å². The fourth-order valence-electron chi connectivity index (χ4n) is 2.92. The molecule has 0 fully saturated rings. The summed E-state index contributed by atoms with van der Waals surface area (Å²) in [6.45, 7) is 1.90. The van der Waals surface area contributed by atoms with E-state index in [0.717, 1.165) is 11.6 Å². The van der Waals surface area contributed by atoms with Gasteiger partial charge >= 0.3 is 6.18 Å². The highest BCUT2D eigenvalue weighted by Crippen LogP contribution is 2.45. The maximum Gasteiger partial charge on any atom is 0.420 e. The van der Waals surface area contributed by atoms with E-state index in [1.807, 2.05) is 37.3 Å². The van der Waals surface area contributed by atoms with Gasteiger partial charge in [0.15, 0.2) is 5.75 Å². The summed E-state index contributed by atoms with van der Waals surface area (Å²) < 4.78 is 47.5. The van der Waals surface area contributed by atoms with E-state index in [-0.39, 0.29) is 17.0 Å². The normalized spacial score (nSPS) is 12.2. The van der Waals surface area contributed by atoms with E-state index in [1.165, 1.54) is 13.3 Å². The number of aryl methyl sites for hydroxylation is 2. The van der Waals surface area contributed by atoms with Crippen LogP contribution >= 0.6 is 0 Å². The molecular weight excluding hydrogens is 343 g/mol. The third kappa shape index (κ3) is 3.16. The molecule has 2 aromatic carbocycles. The van der Waals surface area contributed by atoms with Crippen LogP contribution < -0.4 is 4.74 Å². The molecule has 0 bridgehead atoms. The van der Waals surface area contributed by atoms with Gasteiger partial charge in [0.25, 0.3) is 0 Å². The van der Waals surface area contributed by atoms with Crippen LogP contribution in [0.15, 0.2) is 41.4 Å². The Hall–Kier alpha value is -2.83. The number of imidazole rings is 1. The van der Waals surface area contributed by atoms with Crippen molar-refractivity contribution in [1.29, 1.82) is 0 Å². The summed E-state index contributed by atoms with van der Waals surface area (Å²) in [6.07, 6.45) is -2.45. The molecule has 1 aromatic heterocycles.